The Morgan fingerprint density at radius 1 is 1.19 bits per heavy atom. The van der Waals surface area contributed by atoms with Crippen molar-refractivity contribution >= 4 is 15.9 Å². The van der Waals surface area contributed by atoms with Gasteiger partial charge in [-0.15, -0.1) is 0 Å². The fraction of sp³-hybridized carbons (Fsp3) is 0.190. The van der Waals surface area contributed by atoms with Crippen molar-refractivity contribution in [2.24, 2.45) is 5.14 Å². The number of sulfonamides is 1. The second-order valence-electron chi connectivity index (χ2n) is 6.76. The van der Waals surface area contributed by atoms with Gasteiger partial charge in [0.2, 0.25) is 15.9 Å². The number of nitrogens with zero attached hydrogens (tertiary/aromatic N) is 1. The van der Waals surface area contributed by atoms with Crippen LogP contribution in [0.25, 0.3) is 22.5 Å². The van der Waals surface area contributed by atoms with Crippen molar-refractivity contribution in [1.29, 1.82) is 0 Å². The van der Waals surface area contributed by atoms with Gasteiger partial charge in [0.25, 0.3) is 0 Å². The third-order valence-electron chi connectivity index (χ3n) is 4.63. The molecule has 1 aromatic heterocycles. The predicted octanol–water partition coefficient (Wildman–Crippen LogP) is 3.19. The maximum atomic E-state index is 14.3. The van der Waals surface area contributed by atoms with Gasteiger partial charge in [-0.2, -0.15) is 0 Å². The number of hydroxylamine groups is 2. The molecule has 0 radical (unpaired) electrons. The lowest BCUT2D eigenvalue weighted by molar-refractivity contribution is -0.159. The highest BCUT2D eigenvalue weighted by Crippen LogP contribution is 2.39. The number of aryl methyl sites for hydroxylation is 1. The number of furan rings is 1. The summed E-state index contributed by atoms with van der Waals surface area (Å²) < 4.78 is 49.4. The summed E-state index contributed by atoms with van der Waals surface area (Å²) >= 11 is 0. The quantitative estimate of drug-likeness (QED) is 0.423. The summed E-state index contributed by atoms with van der Waals surface area (Å²) in [6.07, 6.45) is 0.0834. The molecule has 0 aliphatic heterocycles. The summed E-state index contributed by atoms with van der Waals surface area (Å²) in [4.78, 5) is 11.6. The number of methoxy groups -OCH3 is 1. The maximum absolute atomic E-state index is 14.3. The molecule has 164 valence electrons. The number of benzene rings is 2. The van der Waals surface area contributed by atoms with Gasteiger partial charge >= 0.3 is 0 Å². The Morgan fingerprint density at radius 3 is 2.52 bits per heavy atom. The Morgan fingerprint density at radius 2 is 1.90 bits per heavy atom. The molecule has 0 spiro atoms. The second kappa shape index (κ2) is 8.88. The van der Waals surface area contributed by atoms with Gasteiger partial charge in [0.05, 0.1) is 12.0 Å². The molecule has 3 rings (SSSR count). The van der Waals surface area contributed by atoms with Crippen LogP contribution < -0.4 is 9.88 Å². The van der Waals surface area contributed by atoms with Crippen molar-refractivity contribution in [1.82, 2.24) is 5.06 Å². The Labute approximate surface area is 178 Å². The lowest BCUT2D eigenvalue weighted by Gasteiger charge is -2.09. The highest BCUT2D eigenvalue weighted by Gasteiger charge is 2.23. The molecule has 1 heterocycles. The lowest BCUT2D eigenvalue weighted by Crippen LogP contribution is -2.22. The minimum Gasteiger partial charge on any atom is -0.494 e. The topological polar surface area (TPSA) is 123 Å². The van der Waals surface area contributed by atoms with Gasteiger partial charge in [0.15, 0.2) is 11.6 Å². The molecule has 10 heteroatoms. The molecule has 2 aromatic carbocycles. The van der Waals surface area contributed by atoms with Crippen LogP contribution in [-0.2, 0) is 21.2 Å². The first-order valence-corrected chi connectivity index (χ1v) is 10.7. The molecule has 0 aliphatic carbocycles. The predicted molar refractivity (Wildman–Crippen MR) is 110 cm³/mol. The van der Waals surface area contributed by atoms with E-state index in [2.05, 4.69) is 0 Å². The highest BCUT2D eigenvalue weighted by molar-refractivity contribution is 7.89. The fourth-order valence-electron chi connectivity index (χ4n) is 3.11. The Hall–Kier alpha value is -3.21. The van der Waals surface area contributed by atoms with E-state index >= 15 is 0 Å². The smallest absolute Gasteiger partial charge is 0.246 e. The van der Waals surface area contributed by atoms with Gasteiger partial charge in [0.1, 0.15) is 11.5 Å². The van der Waals surface area contributed by atoms with Crippen LogP contribution in [0.1, 0.15) is 12.2 Å². The Bertz CT molecular complexity index is 1220. The Kier molecular flexibility index (Phi) is 6.44. The number of nitrogens with two attached hydrogens (primary N) is 1. The number of hydrogen-bond donors (Lipinski definition) is 2. The minimum atomic E-state index is -4.08. The zero-order valence-electron chi connectivity index (χ0n) is 16.8. The van der Waals surface area contributed by atoms with E-state index in [0.29, 0.717) is 22.0 Å². The molecule has 1 amide bonds. The number of ether oxygens (including phenoxy) is 1. The number of rotatable bonds is 7. The molecule has 0 fully saturated rings. The number of carbonyl (C=O) groups excluding carboxylic acids is 1. The van der Waals surface area contributed by atoms with E-state index in [0.717, 1.165) is 0 Å². The Balaban J connectivity index is 2.16. The van der Waals surface area contributed by atoms with Crippen LogP contribution in [0, 0.1) is 5.82 Å². The first-order valence-electron chi connectivity index (χ1n) is 9.16. The molecule has 3 N–H and O–H groups in total. The highest BCUT2D eigenvalue weighted by atomic mass is 32.2. The normalized spacial score (nSPS) is 11.4. The molecule has 31 heavy (non-hydrogen) atoms. The zero-order chi connectivity index (χ0) is 22.8. The average molecular weight is 448 g/mol. The van der Waals surface area contributed by atoms with Crippen molar-refractivity contribution in [3.05, 3.63) is 60.1 Å². The van der Waals surface area contributed by atoms with Crippen LogP contribution >= 0.6 is 0 Å². The first kappa shape index (κ1) is 22.5. The van der Waals surface area contributed by atoms with Crippen molar-refractivity contribution < 1.29 is 32.0 Å². The fourth-order valence-corrected chi connectivity index (χ4v) is 3.84. The van der Waals surface area contributed by atoms with E-state index in [1.165, 1.54) is 44.5 Å². The largest absolute Gasteiger partial charge is 0.494 e. The van der Waals surface area contributed by atoms with Crippen LogP contribution in [0.4, 0.5) is 4.39 Å². The summed E-state index contributed by atoms with van der Waals surface area (Å²) in [6.45, 7) is 0. The van der Waals surface area contributed by atoms with Crippen LogP contribution in [0.2, 0.25) is 0 Å². The zero-order valence-corrected chi connectivity index (χ0v) is 17.6. The molecular weight excluding hydrogens is 427 g/mol. The molecular formula is C21H21FN2O6S. The molecule has 0 atom stereocenters. The number of halogens is 1. The summed E-state index contributed by atoms with van der Waals surface area (Å²) in [5.74, 6) is -0.574. The monoisotopic (exact) mass is 448 g/mol. The third kappa shape index (κ3) is 4.93. The average Bonchev–Trinajstić information content (AvgIpc) is 3.15. The maximum Gasteiger partial charge on any atom is 0.246 e. The van der Waals surface area contributed by atoms with Crippen LogP contribution in [0.5, 0.6) is 5.75 Å². The summed E-state index contributed by atoms with van der Waals surface area (Å²) in [7, 11) is -1.52. The van der Waals surface area contributed by atoms with Gasteiger partial charge in [-0.1, -0.05) is 18.2 Å². The second-order valence-corrected chi connectivity index (χ2v) is 8.29. The van der Waals surface area contributed by atoms with Crippen molar-refractivity contribution in [3.63, 3.8) is 0 Å². The van der Waals surface area contributed by atoms with Crippen molar-refractivity contribution in [2.45, 2.75) is 17.7 Å². The lowest BCUT2D eigenvalue weighted by atomic mass is 10.0. The summed E-state index contributed by atoms with van der Waals surface area (Å²) in [5, 5.41) is 15.1. The van der Waals surface area contributed by atoms with Gasteiger partial charge in [-0.05, 0) is 35.9 Å². The van der Waals surface area contributed by atoms with Crippen LogP contribution in [0.15, 0.2) is 57.8 Å². The standard InChI is InChI=1S/C21H21FN2O6S/c1-24(26)20(25)10-8-14-12-16(13-7-9-18(29-2)17(22)11-13)21(30-14)15-5-3-4-6-19(15)31(23,27)28/h3-7,9,11-12,26H,8,10H2,1-2H3,(H2,23,27,28). The minimum absolute atomic E-state index is 0.0484. The van der Waals surface area contributed by atoms with E-state index < -0.39 is 21.7 Å². The van der Waals surface area contributed by atoms with Gasteiger partial charge in [0, 0.05) is 31.0 Å². The number of primary sulfonamides is 1. The van der Waals surface area contributed by atoms with Crippen molar-refractivity contribution in [3.8, 4) is 28.2 Å². The summed E-state index contributed by atoms with van der Waals surface area (Å²) in [5.41, 5.74) is 1.03. The van der Waals surface area contributed by atoms with Gasteiger partial charge < -0.3 is 9.15 Å². The number of carbonyl (C=O) groups is 1. The first-order chi connectivity index (χ1) is 14.6. The van der Waals surface area contributed by atoms with E-state index in [9.17, 15) is 22.8 Å². The number of hydrogen-bond acceptors (Lipinski definition) is 6. The summed E-state index contributed by atoms with van der Waals surface area (Å²) in [6, 6.07) is 11.9. The molecule has 3 aromatic rings. The molecule has 0 bridgehead atoms. The molecule has 0 aliphatic rings. The van der Waals surface area contributed by atoms with E-state index in [4.69, 9.17) is 14.3 Å². The van der Waals surface area contributed by atoms with Crippen LogP contribution in [-0.4, -0.2) is 38.8 Å². The van der Waals surface area contributed by atoms with E-state index in [-0.39, 0.29) is 34.8 Å². The molecule has 0 saturated carbocycles. The van der Waals surface area contributed by atoms with Gasteiger partial charge in [-0.3, -0.25) is 10.0 Å². The molecule has 0 unspecified atom stereocenters. The SMILES string of the molecule is COc1ccc(-c2cc(CCC(=O)N(C)O)oc2-c2ccccc2S(N)(=O)=O)cc1F. The van der Waals surface area contributed by atoms with Crippen LogP contribution in [0.3, 0.4) is 0 Å². The van der Waals surface area contributed by atoms with Gasteiger partial charge in [-0.25, -0.2) is 23.0 Å². The molecule has 8 nitrogen and oxygen atoms in total. The molecule has 0 saturated heterocycles. The van der Waals surface area contributed by atoms with Crippen molar-refractivity contribution in [2.75, 3.05) is 14.2 Å². The van der Waals surface area contributed by atoms with E-state index in [1.807, 2.05) is 0 Å². The van der Waals surface area contributed by atoms with E-state index in [1.54, 1.807) is 18.2 Å². The number of amides is 1. The third-order valence-corrected chi connectivity index (χ3v) is 5.60.